The zero-order valence-electron chi connectivity index (χ0n) is 15.4. The van der Waals surface area contributed by atoms with Gasteiger partial charge in [-0.05, 0) is 44.6 Å². The highest BCUT2D eigenvalue weighted by atomic mass is 32.1. The predicted octanol–water partition coefficient (Wildman–Crippen LogP) is 4.19. The van der Waals surface area contributed by atoms with E-state index in [9.17, 15) is 4.79 Å². The molecule has 7 heteroatoms. The fourth-order valence-corrected chi connectivity index (χ4v) is 3.04. The van der Waals surface area contributed by atoms with E-state index in [1.807, 2.05) is 39.2 Å². The summed E-state index contributed by atoms with van der Waals surface area (Å²) in [6.45, 7) is 7.56. The maximum Gasteiger partial charge on any atom is 0.325 e. The van der Waals surface area contributed by atoms with E-state index >= 15 is 0 Å². The van der Waals surface area contributed by atoms with Gasteiger partial charge in [-0.3, -0.25) is 5.32 Å². The van der Waals surface area contributed by atoms with Crippen LogP contribution in [0.3, 0.4) is 0 Å². The molecule has 0 saturated heterocycles. The second kappa shape index (κ2) is 8.82. The van der Waals surface area contributed by atoms with Gasteiger partial charge in [0.1, 0.15) is 5.75 Å². The highest BCUT2D eigenvalue weighted by molar-refractivity contribution is 7.15. The number of nitrogens with one attached hydrogen (secondary N) is 2. The number of amides is 2. The van der Waals surface area contributed by atoms with E-state index in [-0.39, 0.29) is 6.03 Å². The number of thiazole rings is 1. The number of carbonyl (C=O) groups is 1. The second-order valence-corrected chi connectivity index (χ2v) is 7.77. The topological polar surface area (TPSA) is 66.5 Å². The Hall–Kier alpha value is -2.12. The number of aromatic nitrogens is 1. The van der Waals surface area contributed by atoms with E-state index in [0.29, 0.717) is 29.1 Å². The van der Waals surface area contributed by atoms with Gasteiger partial charge in [-0.15, -0.1) is 11.3 Å². The quantitative estimate of drug-likeness (QED) is 0.775. The molecule has 0 fully saturated rings. The zero-order valence-corrected chi connectivity index (χ0v) is 16.2. The van der Waals surface area contributed by atoms with Crippen LogP contribution in [0.1, 0.15) is 24.3 Å². The van der Waals surface area contributed by atoms with E-state index in [1.165, 1.54) is 11.3 Å². The van der Waals surface area contributed by atoms with Crippen LogP contribution >= 0.6 is 11.3 Å². The zero-order chi connectivity index (χ0) is 18.4. The van der Waals surface area contributed by atoms with E-state index in [4.69, 9.17) is 4.74 Å². The number of hydrogen-bond donors (Lipinski definition) is 2. The molecule has 2 rings (SSSR count). The van der Waals surface area contributed by atoms with Gasteiger partial charge in [-0.2, -0.15) is 0 Å². The summed E-state index contributed by atoms with van der Waals surface area (Å²) in [6.07, 6.45) is 1.78. The number of aryl methyl sites for hydroxylation is 1. The first kappa shape index (κ1) is 19.2. The van der Waals surface area contributed by atoms with Crippen molar-refractivity contribution in [3.8, 4) is 5.75 Å². The van der Waals surface area contributed by atoms with Crippen molar-refractivity contribution in [1.29, 1.82) is 0 Å². The molecule has 136 valence electrons. The maximum atomic E-state index is 12.3. The Morgan fingerprint density at radius 1 is 1.32 bits per heavy atom. The van der Waals surface area contributed by atoms with Gasteiger partial charge in [0.15, 0.2) is 5.13 Å². The second-order valence-electron chi connectivity index (χ2n) is 6.65. The lowest BCUT2D eigenvalue weighted by Crippen LogP contribution is -2.20. The van der Waals surface area contributed by atoms with Crippen molar-refractivity contribution < 1.29 is 9.53 Å². The van der Waals surface area contributed by atoms with Gasteiger partial charge in [0.05, 0.1) is 12.3 Å². The van der Waals surface area contributed by atoms with Gasteiger partial charge in [-0.1, -0.05) is 19.9 Å². The Balaban J connectivity index is 2.01. The van der Waals surface area contributed by atoms with Crippen molar-refractivity contribution in [1.82, 2.24) is 9.88 Å². The summed E-state index contributed by atoms with van der Waals surface area (Å²) in [5.74, 6) is 1.09. The van der Waals surface area contributed by atoms with Crippen LogP contribution < -0.4 is 15.4 Å². The van der Waals surface area contributed by atoms with Crippen molar-refractivity contribution in [2.45, 2.75) is 27.3 Å². The molecular formula is C18H26N4O2S. The number of ether oxygens (including phenoxy) is 1. The summed E-state index contributed by atoms with van der Waals surface area (Å²) < 4.78 is 5.82. The largest absolute Gasteiger partial charge is 0.491 e. The first-order valence-electron chi connectivity index (χ1n) is 8.24. The van der Waals surface area contributed by atoms with E-state index in [1.54, 1.807) is 6.20 Å². The Bertz CT molecular complexity index is 713. The molecule has 1 heterocycles. The molecule has 0 unspecified atom stereocenters. The van der Waals surface area contributed by atoms with E-state index < -0.39 is 0 Å². The lowest BCUT2D eigenvalue weighted by atomic mass is 10.2. The van der Waals surface area contributed by atoms with Gasteiger partial charge in [0, 0.05) is 17.6 Å². The molecule has 0 aliphatic rings. The fourth-order valence-electron chi connectivity index (χ4n) is 2.11. The van der Waals surface area contributed by atoms with Crippen molar-refractivity contribution >= 4 is 28.2 Å². The number of benzene rings is 1. The lowest BCUT2D eigenvalue weighted by molar-refractivity contribution is 0.260. The van der Waals surface area contributed by atoms with Crippen molar-refractivity contribution in [3.63, 3.8) is 0 Å². The number of nitrogens with zero attached hydrogens (tertiary/aromatic N) is 2. The smallest absolute Gasteiger partial charge is 0.325 e. The van der Waals surface area contributed by atoms with E-state index in [2.05, 4.69) is 34.4 Å². The minimum atomic E-state index is -0.330. The summed E-state index contributed by atoms with van der Waals surface area (Å²) in [4.78, 5) is 19.7. The van der Waals surface area contributed by atoms with Crippen molar-refractivity contribution in [3.05, 3.63) is 34.8 Å². The molecule has 0 radical (unpaired) electrons. The van der Waals surface area contributed by atoms with Crippen LogP contribution in [-0.2, 0) is 6.54 Å². The minimum Gasteiger partial charge on any atom is -0.491 e. The average molecular weight is 362 g/mol. The molecule has 1 aromatic carbocycles. The molecule has 2 aromatic rings. The Morgan fingerprint density at radius 3 is 2.76 bits per heavy atom. The summed E-state index contributed by atoms with van der Waals surface area (Å²) in [5, 5.41) is 6.19. The molecule has 0 aliphatic heterocycles. The van der Waals surface area contributed by atoms with Crippen LogP contribution in [0.15, 0.2) is 24.4 Å². The Morgan fingerprint density at radius 2 is 2.08 bits per heavy atom. The molecular weight excluding hydrogens is 336 g/mol. The van der Waals surface area contributed by atoms with Crippen LogP contribution in [0.5, 0.6) is 5.75 Å². The standard InChI is InChI=1S/C18H26N4O2S/c1-12(2)11-24-16-8-13(3)6-7-15(16)20-17(23)21-18-19-9-14(25-18)10-22(4)5/h6-9,12H,10-11H2,1-5H3,(H2,19,20,21,23). The molecule has 0 spiro atoms. The van der Waals surface area contributed by atoms with Gasteiger partial charge in [-0.25, -0.2) is 9.78 Å². The Labute approximate surface area is 153 Å². The molecule has 1 aromatic heterocycles. The molecule has 25 heavy (non-hydrogen) atoms. The molecule has 0 aliphatic carbocycles. The third kappa shape index (κ3) is 6.36. The summed E-state index contributed by atoms with van der Waals surface area (Å²) in [6, 6.07) is 5.39. The van der Waals surface area contributed by atoms with Gasteiger partial charge >= 0.3 is 6.03 Å². The first-order chi connectivity index (χ1) is 11.8. The molecule has 2 N–H and O–H groups in total. The van der Waals surface area contributed by atoms with Gasteiger partial charge in [0.25, 0.3) is 0 Å². The van der Waals surface area contributed by atoms with Crippen LogP contribution in [0.2, 0.25) is 0 Å². The third-order valence-electron chi connectivity index (χ3n) is 3.20. The SMILES string of the molecule is Cc1ccc(NC(=O)Nc2ncc(CN(C)C)s2)c(OCC(C)C)c1. The van der Waals surface area contributed by atoms with Crippen LogP contribution in [0.4, 0.5) is 15.6 Å². The maximum absolute atomic E-state index is 12.3. The number of rotatable bonds is 7. The third-order valence-corrected chi connectivity index (χ3v) is 4.10. The fraction of sp³-hybridized carbons (Fsp3) is 0.444. The van der Waals surface area contributed by atoms with Crippen molar-refractivity contribution in [2.24, 2.45) is 5.92 Å². The highest BCUT2D eigenvalue weighted by Crippen LogP contribution is 2.27. The summed E-state index contributed by atoms with van der Waals surface area (Å²) in [5.41, 5.74) is 1.73. The molecule has 0 bridgehead atoms. The number of hydrogen-bond acceptors (Lipinski definition) is 5. The van der Waals surface area contributed by atoms with Crippen LogP contribution in [-0.4, -0.2) is 36.6 Å². The predicted molar refractivity (Wildman–Crippen MR) is 104 cm³/mol. The number of urea groups is 1. The van der Waals surface area contributed by atoms with Crippen LogP contribution in [0, 0.1) is 12.8 Å². The molecule has 6 nitrogen and oxygen atoms in total. The highest BCUT2D eigenvalue weighted by Gasteiger charge is 2.11. The molecule has 0 saturated carbocycles. The number of carbonyl (C=O) groups excluding carboxylic acids is 1. The molecule has 2 amide bonds. The van der Waals surface area contributed by atoms with Crippen molar-refractivity contribution in [2.75, 3.05) is 31.3 Å². The first-order valence-corrected chi connectivity index (χ1v) is 9.06. The van der Waals surface area contributed by atoms with Gasteiger partial charge in [0.2, 0.25) is 0 Å². The van der Waals surface area contributed by atoms with Gasteiger partial charge < -0.3 is 15.0 Å². The monoisotopic (exact) mass is 362 g/mol. The average Bonchev–Trinajstić information content (AvgIpc) is 2.93. The summed E-state index contributed by atoms with van der Waals surface area (Å²) >= 11 is 1.46. The molecule has 0 atom stereocenters. The summed E-state index contributed by atoms with van der Waals surface area (Å²) in [7, 11) is 3.99. The lowest BCUT2D eigenvalue weighted by Gasteiger charge is -2.14. The normalized spacial score (nSPS) is 11.0. The Kier molecular flexibility index (Phi) is 6.78. The minimum absolute atomic E-state index is 0.330. The van der Waals surface area contributed by atoms with E-state index in [0.717, 1.165) is 17.0 Å². The number of anilines is 2. The van der Waals surface area contributed by atoms with Crippen LogP contribution in [0.25, 0.3) is 0 Å².